The van der Waals surface area contributed by atoms with Crippen LogP contribution in [0.2, 0.25) is 0 Å². The van der Waals surface area contributed by atoms with Gasteiger partial charge in [0.2, 0.25) is 17.7 Å². The lowest BCUT2D eigenvalue weighted by Crippen LogP contribution is -2.38. The topological polar surface area (TPSA) is 121 Å². The van der Waals surface area contributed by atoms with Crippen LogP contribution in [-0.2, 0) is 4.79 Å². The quantitative estimate of drug-likeness (QED) is 0.217. The number of hydrogen-bond acceptors (Lipinski definition) is 8. The van der Waals surface area contributed by atoms with Crippen LogP contribution in [0.15, 0.2) is 60.9 Å². The molecule has 2 aromatic carbocycles. The van der Waals surface area contributed by atoms with Gasteiger partial charge in [0.05, 0.1) is 17.7 Å². The minimum atomic E-state index is -3.39. The molecule has 9 nitrogen and oxygen atoms in total. The highest BCUT2D eigenvalue weighted by Crippen LogP contribution is 2.38. The SMILES string of the molecule is Cc1ccc2c(NC(=O)C[C@H](O)C(C)(F)F)cccc2c1Oc1ncccc1-c1ccnc(N[C@H]2CCCNC2)n1. The number of anilines is 2. The summed E-state index contributed by atoms with van der Waals surface area (Å²) < 4.78 is 33.2. The fourth-order valence-corrected chi connectivity index (χ4v) is 4.74. The molecule has 1 aliphatic rings. The highest BCUT2D eigenvalue weighted by molar-refractivity contribution is 6.04. The van der Waals surface area contributed by atoms with Crippen molar-refractivity contribution in [3.05, 3.63) is 66.5 Å². The number of fused-ring (bicyclic) bond motifs is 1. The van der Waals surface area contributed by atoms with E-state index in [1.807, 2.05) is 31.2 Å². The van der Waals surface area contributed by atoms with E-state index in [0.717, 1.165) is 31.5 Å². The molecule has 0 spiro atoms. The van der Waals surface area contributed by atoms with Crippen molar-refractivity contribution < 1.29 is 23.4 Å². The first kappa shape index (κ1) is 28.3. The Kier molecular flexibility index (Phi) is 8.36. The van der Waals surface area contributed by atoms with Gasteiger partial charge in [0.15, 0.2) is 0 Å². The van der Waals surface area contributed by atoms with Crippen molar-refractivity contribution in [3.8, 4) is 22.9 Å². The van der Waals surface area contributed by atoms with Crippen LogP contribution < -0.4 is 20.7 Å². The second-order valence-corrected chi connectivity index (χ2v) is 10.2. The van der Waals surface area contributed by atoms with E-state index in [9.17, 15) is 18.7 Å². The van der Waals surface area contributed by atoms with Crippen molar-refractivity contribution in [1.82, 2.24) is 20.3 Å². The van der Waals surface area contributed by atoms with Crippen LogP contribution in [0.25, 0.3) is 22.0 Å². The molecule has 3 heterocycles. The van der Waals surface area contributed by atoms with Gasteiger partial charge in [-0.1, -0.05) is 24.3 Å². The highest BCUT2D eigenvalue weighted by atomic mass is 19.3. The molecule has 0 unspecified atom stereocenters. The zero-order chi connectivity index (χ0) is 29.0. The monoisotopic (exact) mass is 562 g/mol. The molecule has 1 fully saturated rings. The molecule has 4 aromatic rings. The number of hydrogen-bond donors (Lipinski definition) is 4. The van der Waals surface area contributed by atoms with Crippen LogP contribution in [0.3, 0.4) is 0 Å². The highest BCUT2D eigenvalue weighted by Gasteiger charge is 2.34. The van der Waals surface area contributed by atoms with Gasteiger partial charge in [0, 0.05) is 48.4 Å². The number of ether oxygens (including phenoxy) is 1. The maximum absolute atomic E-state index is 13.4. The molecular formula is C30H32F2N6O3. The number of rotatable bonds is 9. The first-order valence-corrected chi connectivity index (χ1v) is 13.5. The van der Waals surface area contributed by atoms with Crippen molar-refractivity contribution in [2.75, 3.05) is 23.7 Å². The second kappa shape index (κ2) is 12.1. The Morgan fingerprint density at radius 3 is 2.78 bits per heavy atom. The largest absolute Gasteiger partial charge is 0.437 e. The summed E-state index contributed by atoms with van der Waals surface area (Å²) in [5.74, 6) is -2.71. The first-order chi connectivity index (χ1) is 19.7. The fraction of sp³-hybridized carbons (Fsp3) is 0.333. The van der Waals surface area contributed by atoms with Gasteiger partial charge < -0.3 is 25.8 Å². The van der Waals surface area contributed by atoms with Crippen molar-refractivity contribution in [2.45, 2.75) is 51.2 Å². The number of nitrogens with zero attached hydrogens (tertiary/aromatic N) is 3. The Morgan fingerprint density at radius 2 is 2.00 bits per heavy atom. The molecule has 1 amide bonds. The number of aromatic nitrogens is 3. The zero-order valence-electron chi connectivity index (χ0n) is 22.8. The smallest absolute Gasteiger partial charge is 0.271 e. The van der Waals surface area contributed by atoms with Crippen molar-refractivity contribution in [2.24, 2.45) is 0 Å². The van der Waals surface area contributed by atoms with Gasteiger partial charge >= 0.3 is 0 Å². The van der Waals surface area contributed by atoms with Gasteiger partial charge in [0.25, 0.3) is 5.92 Å². The standard InChI is InChI=1S/C30H32F2N6O3/c1-18-10-11-20-21(7-3-9-23(20)37-26(40)16-25(39)30(2,31)32)27(18)41-28-22(8-5-14-34-28)24-12-15-35-29(38-24)36-19-6-4-13-33-17-19/h3,5,7-12,14-15,19,25,33,39H,4,6,13,16-17H2,1-2H3,(H,37,40)(H,35,36,38)/t19-,25-/m0/s1. The number of aliphatic hydroxyl groups excluding tert-OH is 1. The Morgan fingerprint density at radius 1 is 1.15 bits per heavy atom. The average Bonchev–Trinajstić information content (AvgIpc) is 2.95. The first-order valence-electron chi connectivity index (χ1n) is 13.5. The third kappa shape index (κ3) is 6.75. The number of aliphatic hydroxyl groups is 1. The molecule has 2 atom stereocenters. The molecule has 4 N–H and O–H groups in total. The van der Waals surface area contributed by atoms with E-state index < -0.39 is 24.4 Å². The van der Waals surface area contributed by atoms with E-state index >= 15 is 0 Å². The lowest BCUT2D eigenvalue weighted by Gasteiger charge is -2.23. The normalized spacial score (nSPS) is 16.3. The minimum Gasteiger partial charge on any atom is -0.437 e. The van der Waals surface area contributed by atoms with Gasteiger partial charge in [0.1, 0.15) is 11.9 Å². The molecule has 0 bridgehead atoms. The number of benzene rings is 2. The molecular weight excluding hydrogens is 530 g/mol. The van der Waals surface area contributed by atoms with Crippen LogP contribution in [0.1, 0.15) is 31.7 Å². The van der Waals surface area contributed by atoms with Gasteiger partial charge in [-0.25, -0.2) is 23.7 Å². The van der Waals surface area contributed by atoms with E-state index in [2.05, 4.69) is 25.9 Å². The summed E-state index contributed by atoms with van der Waals surface area (Å²) in [5, 5.41) is 20.4. The van der Waals surface area contributed by atoms with Crippen LogP contribution >= 0.6 is 0 Å². The van der Waals surface area contributed by atoms with Crippen molar-refractivity contribution >= 4 is 28.3 Å². The second-order valence-electron chi connectivity index (χ2n) is 10.2. The number of carbonyl (C=O) groups is 1. The predicted octanol–water partition coefficient (Wildman–Crippen LogP) is 5.30. The maximum atomic E-state index is 13.4. The van der Waals surface area contributed by atoms with Crippen LogP contribution in [0.5, 0.6) is 11.6 Å². The number of halogens is 2. The van der Waals surface area contributed by atoms with E-state index in [1.165, 1.54) is 0 Å². The molecule has 0 saturated carbocycles. The summed E-state index contributed by atoms with van der Waals surface area (Å²) in [4.78, 5) is 26.0. The minimum absolute atomic E-state index is 0.248. The summed E-state index contributed by atoms with van der Waals surface area (Å²) in [6, 6.07) is 14.6. The third-order valence-electron chi connectivity index (χ3n) is 6.98. The molecule has 2 aromatic heterocycles. The number of nitrogens with one attached hydrogen (secondary N) is 3. The third-order valence-corrected chi connectivity index (χ3v) is 6.98. The van der Waals surface area contributed by atoms with E-state index in [-0.39, 0.29) is 6.04 Å². The van der Waals surface area contributed by atoms with Crippen molar-refractivity contribution in [3.63, 3.8) is 0 Å². The molecule has 1 saturated heterocycles. The van der Waals surface area contributed by atoms with Gasteiger partial charge in [-0.15, -0.1) is 0 Å². The van der Waals surface area contributed by atoms with Crippen LogP contribution in [0.4, 0.5) is 20.4 Å². The number of aryl methyl sites for hydroxylation is 1. The lowest BCUT2D eigenvalue weighted by molar-refractivity contribution is -0.129. The van der Waals surface area contributed by atoms with Crippen LogP contribution in [0, 0.1) is 6.92 Å². The molecule has 41 heavy (non-hydrogen) atoms. The Labute approximate surface area is 236 Å². The number of alkyl halides is 2. The van der Waals surface area contributed by atoms with E-state index in [1.54, 1.807) is 36.7 Å². The van der Waals surface area contributed by atoms with Crippen LogP contribution in [-0.4, -0.2) is 57.1 Å². The summed E-state index contributed by atoms with van der Waals surface area (Å²) >= 11 is 0. The van der Waals surface area contributed by atoms with E-state index in [4.69, 9.17) is 9.72 Å². The Balaban J connectivity index is 1.43. The number of piperidine rings is 1. The molecule has 1 aliphatic heterocycles. The van der Waals surface area contributed by atoms with Gasteiger partial charge in [-0.05, 0) is 56.1 Å². The average molecular weight is 563 g/mol. The molecule has 0 radical (unpaired) electrons. The van der Waals surface area contributed by atoms with E-state index in [0.29, 0.717) is 52.2 Å². The summed E-state index contributed by atoms with van der Waals surface area (Å²) in [6.45, 7) is 4.34. The molecule has 11 heteroatoms. The molecule has 0 aliphatic carbocycles. The number of amides is 1. The summed E-state index contributed by atoms with van der Waals surface area (Å²) in [6.07, 6.45) is 2.63. The molecule has 214 valence electrons. The Hall–Kier alpha value is -4.22. The predicted molar refractivity (Wildman–Crippen MR) is 153 cm³/mol. The van der Waals surface area contributed by atoms with Crippen molar-refractivity contribution in [1.29, 1.82) is 0 Å². The van der Waals surface area contributed by atoms with Gasteiger partial charge in [-0.3, -0.25) is 4.79 Å². The lowest BCUT2D eigenvalue weighted by atomic mass is 10.0. The summed E-state index contributed by atoms with van der Waals surface area (Å²) in [7, 11) is 0. The summed E-state index contributed by atoms with van der Waals surface area (Å²) in [5.41, 5.74) is 2.56. The van der Waals surface area contributed by atoms with Gasteiger partial charge in [-0.2, -0.15) is 0 Å². The molecule has 5 rings (SSSR count). The fourth-order valence-electron chi connectivity index (χ4n) is 4.74. The zero-order valence-corrected chi connectivity index (χ0v) is 22.8. The maximum Gasteiger partial charge on any atom is 0.271 e. The number of pyridine rings is 1. The number of carbonyl (C=O) groups excluding carboxylic acids is 1. The Bertz CT molecular complexity index is 1540.